The van der Waals surface area contributed by atoms with Gasteiger partial charge in [-0.25, -0.2) is 0 Å². The van der Waals surface area contributed by atoms with Crippen LogP contribution >= 0.6 is 0 Å². The largest absolute Gasteiger partial charge is 0.257 e. The van der Waals surface area contributed by atoms with E-state index in [1.54, 1.807) is 0 Å². The van der Waals surface area contributed by atoms with Gasteiger partial charge < -0.3 is 0 Å². The van der Waals surface area contributed by atoms with Gasteiger partial charge in [-0.15, -0.1) is 0 Å². The summed E-state index contributed by atoms with van der Waals surface area (Å²) in [4.78, 5) is 4.31. The van der Waals surface area contributed by atoms with E-state index in [0.717, 1.165) is 5.69 Å². The van der Waals surface area contributed by atoms with Crippen molar-refractivity contribution in [1.29, 1.82) is 0 Å². The molecule has 1 nitrogen and oxygen atoms in total. The van der Waals surface area contributed by atoms with Gasteiger partial charge in [-0.05, 0) is 30.2 Å². The zero-order valence-corrected chi connectivity index (χ0v) is 8.72. The Morgan fingerprint density at radius 1 is 0.933 bits per heavy atom. The lowest BCUT2D eigenvalue weighted by molar-refractivity contribution is 1.25. The van der Waals surface area contributed by atoms with Gasteiger partial charge in [-0.1, -0.05) is 42.5 Å². The van der Waals surface area contributed by atoms with Gasteiger partial charge in [0.25, 0.3) is 0 Å². The number of aromatic nitrogens is 1. The Hall–Kier alpha value is -1.89. The lowest BCUT2D eigenvalue weighted by atomic mass is 10.2. The van der Waals surface area contributed by atoms with E-state index in [2.05, 4.69) is 29.3 Å². The summed E-state index contributed by atoms with van der Waals surface area (Å²) in [5, 5.41) is 0. The molecule has 0 saturated heterocycles. The van der Waals surface area contributed by atoms with E-state index in [1.165, 1.54) is 11.1 Å². The highest BCUT2D eigenvalue weighted by Crippen LogP contribution is 2.06. The van der Waals surface area contributed by atoms with Crippen LogP contribution in [0.5, 0.6) is 0 Å². The molecule has 0 aliphatic heterocycles. The summed E-state index contributed by atoms with van der Waals surface area (Å²) in [6.07, 6.45) is 5.97. The van der Waals surface area contributed by atoms with E-state index < -0.39 is 0 Å². The third kappa shape index (κ3) is 2.78. The molecule has 1 heteroatoms. The number of hydrogen-bond acceptors (Lipinski definition) is 1. The maximum Gasteiger partial charge on any atom is 0.0630 e. The monoisotopic (exact) mass is 195 g/mol. The van der Waals surface area contributed by atoms with E-state index in [0.29, 0.717) is 0 Å². The van der Waals surface area contributed by atoms with E-state index in [9.17, 15) is 0 Å². The Balaban J connectivity index is 2.15. The normalized spacial score (nSPS) is 10.7. The van der Waals surface area contributed by atoms with Crippen LogP contribution in [-0.4, -0.2) is 4.98 Å². The van der Waals surface area contributed by atoms with Crippen LogP contribution < -0.4 is 0 Å². The molecule has 0 N–H and O–H groups in total. The van der Waals surface area contributed by atoms with Gasteiger partial charge in [0.1, 0.15) is 0 Å². The molecule has 0 bridgehead atoms. The van der Waals surface area contributed by atoms with E-state index in [1.807, 2.05) is 43.5 Å². The fourth-order valence-electron chi connectivity index (χ4n) is 1.32. The van der Waals surface area contributed by atoms with Crippen molar-refractivity contribution in [2.45, 2.75) is 6.92 Å². The third-order valence-electron chi connectivity index (χ3n) is 2.18. The third-order valence-corrected chi connectivity index (χ3v) is 2.18. The van der Waals surface area contributed by atoms with Gasteiger partial charge >= 0.3 is 0 Å². The Labute approximate surface area is 90.1 Å². The quantitative estimate of drug-likeness (QED) is 0.714. The van der Waals surface area contributed by atoms with Crippen molar-refractivity contribution >= 4 is 12.2 Å². The highest BCUT2D eigenvalue weighted by atomic mass is 14.7. The zero-order valence-electron chi connectivity index (χ0n) is 8.72. The van der Waals surface area contributed by atoms with Crippen LogP contribution in [0.2, 0.25) is 0 Å². The van der Waals surface area contributed by atoms with Crippen LogP contribution in [0.15, 0.2) is 48.7 Å². The predicted octanol–water partition coefficient (Wildman–Crippen LogP) is 3.56. The van der Waals surface area contributed by atoms with Crippen LogP contribution in [-0.2, 0) is 0 Å². The van der Waals surface area contributed by atoms with Crippen LogP contribution in [0.4, 0.5) is 0 Å². The molecule has 74 valence electrons. The van der Waals surface area contributed by atoms with Gasteiger partial charge in [-0.3, -0.25) is 4.98 Å². The van der Waals surface area contributed by atoms with Gasteiger partial charge in [0.15, 0.2) is 0 Å². The molecule has 1 aromatic heterocycles. The van der Waals surface area contributed by atoms with E-state index in [4.69, 9.17) is 0 Å². The van der Waals surface area contributed by atoms with Crippen molar-refractivity contribution < 1.29 is 0 Å². The van der Waals surface area contributed by atoms with E-state index >= 15 is 0 Å². The second-order valence-corrected chi connectivity index (χ2v) is 3.50. The highest BCUT2D eigenvalue weighted by Gasteiger charge is 1.88. The number of rotatable bonds is 2. The first-order chi connectivity index (χ1) is 7.34. The second-order valence-electron chi connectivity index (χ2n) is 3.50. The lowest BCUT2D eigenvalue weighted by Gasteiger charge is -1.94. The van der Waals surface area contributed by atoms with Gasteiger partial charge in [0.2, 0.25) is 0 Å². The maximum atomic E-state index is 4.31. The minimum atomic E-state index is 0.990. The number of nitrogens with zero attached hydrogens (tertiary/aromatic N) is 1. The van der Waals surface area contributed by atoms with Crippen molar-refractivity contribution in [2.24, 2.45) is 0 Å². The molecule has 0 atom stereocenters. The lowest BCUT2D eigenvalue weighted by Crippen LogP contribution is -1.80. The molecule has 0 aliphatic rings. The number of benzene rings is 1. The van der Waals surface area contributed by atoms with Gasteiger partial charge in [-0.2, -0.15) is 0 Å². The van der Waals surface area contributed by atoms with Crippen molar-refractivity contribution in [1.82, 2.24) is 4.98 Å². The molecular formula is C14H13N. The molecular weight excluding hydrogens is 182 g/mol. The van der Waals surface area contributed by atoms with Crippen LogP contribution in [0.1, 0.15) is 16.8 Å². The van der Waals surface area contributed by atoms with Crippen molar-refractivity contribution in [3.63, 3.8) is 0 Å². The number of aryl methyl sites for hydroxylation is 1. The summed E-state index contributed by atoms with van der Waals surface area (Å²) >= 11 is 0. The van der Waals surface area contributed by atoms with Crippen LogP contribution in [0, 0.1) is 6.92 Å². The first-order valence-electron chi connectivity index (χ1n) is 5.00. The topological polar surface area (TPSA) is 12.9 Å². The standard InChI is InChI=1S/C14H13N/c1-12-7-9-14(15-11-12)10-8-13-5-3-2-4-6-13/h2-11H,1H3/b10-8+. The molecule has 0 spiro atoms. The average Bonchev–Trinajstić information content (AvgIpc) is 2.30. The fourth-order valence-corrected chi connectivity index (χ4v) is 1.32. The molecule has 0 fully saturated rings. The smallest absolute Gasteiger partial charge is 0.0630 e. The summed E-state index contributed by atoms with van der Waals surface area (Å²) in [7, 11) is 0. The predicted molar refractivity (Wildman–Crippen MR) is 64.3 cm³/mol. The molecule has 0 amide bonds. The van der Waals surface area contributed by atoms with Gasteiger partial charge in [0.05, 0.1) is 5.69 Å². The number of hydrogen-bond donors (Lipinski definition) is 0. The Morgan fingerprint density at radius 2 is 1.73 bits per heavy atom. The summed E-state index contributed by atoms with van der Waals surface area (Å²) in [5.41, 5.74) is 3.37. The first kappa shape index (κ1) is 9.66. The second kappa shape index (κ2) is 4.56. The Bertz CT molecular complexity index is 441. The van der Waals surface area contributed by atoms with Crippen molar-refractivity contribution in [2.75, 3.05) is 0 Å². The zero-order chi connectivity index (χ0) is 10.5. The SMILES string of the molecule is Cc1ccc(/C=C/c2ccccc2)nc1. The molecule has 0 unspecified atom stereocenters. The summed E-state index contributed by atoms with van der Waals surface area (Å²) in [6, 6.07) is 14.3. The fraction of sp³-hybridized carbons (Fsp3) is 0.0714. The summed E-state index contributed by atoms with van der Waals surface area (Å²) in [6.45, 7) is 2.04. The van der Waals surface area contributed by atoms with Crippen molar-refractivity contribution in [3.05, 3.63) is 65.5 Å². The molecule has 0 radical (unpaired) electrons. The molecule has 2 rings (SSSR count). The minimum Gasteiger partial charge on any atom is -0.257 e. The van der Waals surface area contributed by atoms with E-state index in [-0.39, 0.29) is 0 Å². The van der Waals surface area contributed by atoms with Crippen LogP contribution in [0.3, 0.4) is 0 Å². The first-order valence-corrected chi connectivity index (χ1v) is 5.00. The molecule has 1 aromatic carbocycles. The Morgan fingerprint density at radius 3 is 2.40 bits per heavy atom. The Kier molecular flexibility index (Phi) is 2.93. The van der Waals surface area contributed by atoms with Crippen LogP contribution in [0.25, 0.3) is 12.2 Å². The molecule has 0 aliphatic carbocycles. The maximum absolute atomic E-state index is 4.31. The van der Waals surface area contributed by atoms with Gasteiger partial charge in [0, 0.05) is 6.20 Å². The summed E-state index contributed by atoms with van der Waals surface area (Å²) < 4.78 is 0. The molecule has 1 heterocycles. The highest BCUT2D eigenvalue weighted by molar-refractivity contribution is 5.67. The molecule has 2 aromatic rings. The summed E-state index contributed by atoms with van der Waals surface area (Å²) in [5.74, 6) is 0. The minimum absolute atomic E-state index is 0.990. The van der Waals surface area contributed by atoms with Crippen molar-refractivity contribution in [3.8, 4) is 0 Å². The molecule has 0 saturated carbocycles. The average molecular weight is 195 g/mol. The number of pyridine rings is 1. The molecule has 15 heavy (non-hydrogen) atoms.